The molecule has 0 saturated heterocycles. The fraction of sp³-hybridized carbons (Fsp3) is 0.200. The highest BCUT2D eigenvalue weighted by molar-refractivity contribution is 6.20. The Bertz CT molecular complexity index is 864. The second kappa shape index (κ2) is 5.55. The molecule has 25 heavy (non-hydrogen) atoms. The van der Waals surface area contributed by atoms with Crippen LogP contribution in [-0.2, 0) is 4.79 Å². The van der Waals surface area contributed by atoms with Gasteiger partial charge in [0.15, 0.2) is 0 Å². The van der Waals surface area contributed by atoms with E-state index >= 15 is 0 Å². The molecule has 1 aliphatic heterocycles. The number of anilines is 1. The van der Waals surface area contributed by atoms with Crippen LogP contribution in [0.15, 0.2) is 23.3 Å². The van der Waals surface area contributed by atoms with Crippen molar-refractivity contribution in [1.29, 1.82) is 0 Å². The van der Waals surface area contributed by atoms with Crippen LogP contribution in [0.4, 0.5) is 17.1 Å². The van der Waals surface area contributed by atoms with E-state index in [2.05, 4.69) is 5.10 Å². The van der Waals surface area contributed by atoms with Gasteiger partial charge in [-0.3, -0.25) is 45.3 Å². The molecule has 0 aliphatic carbocycles. The van der Waals surface area contributed by atoms with Gasteiger partial charge in [0, 0.05) is 6.07 Å². The lowest BCUT2D eigenvalue weighted by Crippen LogP contribution is -2.58. The van der Waals surface area contributed by atoms with E-state index in [1.165, 1.54) is 0 Å². The van der Waals surface area contributed by atoms with Crippen LogP contribution in [0, 0.1) is 40.5 Å². The van der Waals surface area contributed by atoms with Gasteiger partial charge in [-0.15, -0.1) is 0 Å². The average Bonchev–Trinajstić information content (AvgIpc) is 2.78. The average molecular weight is 354 g/mol. The maximum Gasteiger partial charge on any atom is 0.577 e. The minimum Gasteiger partial charge on any atom is -0.258 e. The number of nitro groups is 4. The van der Waals surface area contributed by atoms with Gasteiger partial charge in [-0.25, -0.2) is 0 Å². The molecule has 0 fully saturated rings. The van der Waals surface area contributed by atoms with Crippen molar-refractivity contribution in [3.63, 3.8) is 0 Å². The molecule has 1 aromatic rings. The summed E-state index contributed by atoms with van der Waals surface area (Å²) in [5.74, 6) is -1.75. The van der Waals surface area contributed by atoms with Crippen LogP contribution in [0.2, 0.25) is 0 Å². The van der Waals surface area contributed by atoms with Crippen molar-refractivity contribution in [1.82, 2.24) is 0 Å². The van der Waals surface area contributed by atoms with Crippen LogP contribution in [0.1, 0.15) is 6.92 Å². The minimum absolute atomic E-state index is 0.128. The van der Waals surface area contributed by atoms with Crippen molar-refractivity contribution in [3.05, 3.63) is 58.7 Å². The second-order valence-corrected chi connectivity index (χ2v) is 4.68. The van der Waals surface area contributed by atoms with Gasteiger partial charge in [-0.1, -0.05) is 0 Å². The van der Waals surface area contributed by atoms with Crippen molar-refractivity contribution < 1.29 is 24.5 Å². The predicted molar refractivity (Wildman–Crippen MR) is 77.1 cm³/mol. The molecule has 1 heterocycles. The number of amides is 1. The third-order valence-corrected chi connectivity index (χ3v) is 3.37. The molecular formula is C10H6N6O9. The van der Waals surface area contributed by atoms with Crippen LogP contribution < -0.4 is 5.01 Å². The zero-order valence-corrected chi connectivity index (χ0v) is 12.1. The Kier molecular flexibility index (Phi) is 3.84. The predicted octanol–water partition coefficient (Wildman–Crippen LogP) is 0.475. The zero-order chi connectivity index (χ0) is 19.1. The lowest BCUT2D eigenvalue weighted by molar-refractivity contribution is -0.750. The number of hydrazone groups is 1. The molecule has 0 N–H and O–H groups in total. The van der Waals surface area contributed by atoms with Gasteiger partial charge in [0.2, 0.25) is 5.71 Å². The van der Waals surface area contributed by atoms with Gasteiger partial charge in [-0.05, 0) is 13.0 Å². The van der Waals surface area contributed by atoms with E-state index in [0.717, 1.165) is 19.1 Å². The third-order valence-electron chi connectivity index (χ3n) is 3.37. The molecule has 130 valence electrons. The number of benzene rings is 1. The Labute approximate surface area is 135 Å². The lowest BCUT2D eigenvalue weighted by atomic mass is 10.1. The van der Waals surface area contributed by atoms with Gasteiger partial charge in [-0.2, -0.15) is 10.1 Å². The van der Waals surface area contributed by atoms with Crippen LogP contribution >= 0.6 is 0 Å². The molecule has 0 spiro atoms. The molecule has 15 heteroatoms. The summed E-state index contributed by atoms with van der Waals surface area (Å²) >= 11 is 0. The van der Waals surface area contributed by atoms with Crippen molar-refractivity contribution in [2.24, 2.45) is 5.10 Å². The third kappa shape index (κ3) is 2.30. The summed E-state index contributed by atoms with van der Waals surface area (Å²) in [7, 11) is 0. The molecular weight excluding hydrogens is 348 g/mol. The first-order valence-corrected chi connectivity index (χ1v) is 6.17. The zero-order valence-electron chi connectivity index (χ0n) is 12.1. The number of hydrogen-bond acceptors (Lipinski definition) is 10. The summed E-state index contributed by atoms with van der Waals surface area (Å²) in [5, 5.41) is 47.6. The first-order chi connectivity index (χ1) is 11.5. The highest BCUT2D eigenvalue weighted by Crippen LogP contribution is 2.37. The van der Waals surface area contributed by atoms with Crippen molar-refractivity contribution in [3.8, 4) is 0 Å². The number of carbonyl (C=O) groups excluding carboxylic acids is 1. The molecule has 0 radical (unpaired) electrons. The van der Waals surface area contributed by atoms with Gasteiger partial charge in [0.1, 0.15) is 15.5 Å². The highest BCUT2D eigenvalue weighted by atomic mass is 16.7. The standard InChI is InChI=1S/C10H6N6O9/c1-5-10(15(22)23,16(24)25)9(17)12(11-5)7-3-2-6(13(18)19)4-8(7)14(20)21/h2-4H,1H3. The normalized spacial score (nSPS) is 15.6. The van der Waals surface area contributed by atoms with E-state index < -0.39 is 54.0 Å². The van der Waals surface area contributed by atoms with Crippen LogP contribution in [0.5, 0.6) is 0 Å². The number of carbonyl (C=O) groups is 1. The monoisotopic (exact) mass is 354 g/mol. The van der Waals surface area contributed by atoms with E-state index in [1.54, 1.807) is 0 Å². The highest BCUT2D eigenvalue weighted by Gasteiger charge is 2.73. The Balaban J connectivity index is 2.67. The molecule has 2 rings (SSSR count). The van der Waals surface area contributed by atoms with Crippen LogP contribution in [0.25, 0.3) is 0 Å². The molecule has 0 aromatic heterocycles. The summed E-state index contributed by atoms with van der Waals surface area (Å²) in [6, 6.07) is 2.05. The fourth-order valence-corrected chi connectivity index (χ4v) is 2.17. The first kappa shape index (κ1) is 17.3. The largest absolute Gasteiger partial charge is 0.577 e. The number of non-ortho nitro benzene ring substituents is 1. The van der Waals surface area contributed by atoms with E-state index in [0.29, 0.717) is 6.07 Å². The lowest BCUT2D eigenvalue weighted by Gasteiger charge is -2.13. The van der Waals surface area contributed by atoms with Gasteiger partial charge >= 0.3 is 17.3 Å². The summed E-state index contributed by atoms with van der Waals surface area (Å²) in [4.78, 5) is 51.4. The number of nitro benzene ring substituents is 2. The smallest absolute Gasteiger partial charge is 0.258 e. The van der Waals surface area contributed by atoms with E-state index in [1.807, 2.05) is 0 Å². The van der Waals surface area contributed by atoms with Gasteiger partial charge < -0.3 is 0 Å². The summed E-state index contributed by atoms with van der Waals surface area (Å²) in [6.07, 6.45) is 0. The number of rotatable bonds is 5. The van der Waals surface area contributed by atoms with E-state index in [-0.39, 0.29) is 5.01 Å². The molecule has 15 nitrogen and oxygen atoms in total. The minimum atomic E-state index is -3.42. The SMILES string of the molecule is CC1=NN(c2ccc([N+](=O)[O-])cc2[N+](=O)[O-])C(=O)C1([N+](=O)[O-])[N+](=O)[O-]. The quantitative estimate of drug-likeness (QED) is 0.408. The maximum absolute atomic E-state index is 12.3. The number of hydrogen-bond donors (Lipinski definition) is 0. The van der Waals surface area contributed by atoms with Crippen LogP contribution in [0.3, 0.4) is 0 Å². The molecule has 0 unspecified atom stereocenters. The summed E-state index contributed by atoms with van der Waals surface area (Å²) in [5.41, 5.74) is -6.57. The fourth-order valence-electron chi connectivity index (χ4n) is 2.17. The molecule has 1 amide bonds. The Morgan fingerprint density at radius 2 is 1.56 bits per heavy atom. The van der Waals surface area contributed by atoms with Crippen LogP contribution in [-0.4, -0.2) is 37.0 Å². The maximum atomic E-state index is 12.3. The summed E-state index contributed by atoms with van der Waals surface area (Å²) < 4.78 is 0. The van der Waals surface area contributed by atoms with E-state index in [9.17, 15) is 45.3 Å². The van der Waals surface area contributed by atoms with Crippen molar-refractivity contribution in [2.75, 3.05) is 5.01 Å². The molecule has 0 atom stereocenters. The topological polar surface area (TPSA) is 205 Å². The van der Waals surface area contributed by atoms with Gasteiger partial charge in [0.05, 0.1) is 15.9 Å². The molecule has 0 saturated carbocycles. The Hall–Kier alpha value is -4.04. The van der Waals surface area contributed by atoms with Crippen molar-refractivity contribution in [2.45, 2.75) is 12.6 Å². The van der Waals surface area contributed by atoms with E-state index in [4.69, 9.17) is 0 Å². The second-order valence-electron chi connectivity index (χ2n) is 4.68. The van der Waals surface area contributed by atoms with Gasteiger partial charge in [0.25, 0.3) is 5.69 Å². The first-order valence-electron chi connectivity index (χ1n) is 6.17. The Morgan fingerprint density at radius 1 is 1.00 bits per heavy atom. The van der Waals surface area contributed by atoms with Crippen molar-refractivity contribution >= 4 is 28.7 Å². The molecule has 1 aliphatic rings. The summed E-state index contributed by atoms with van der Waals surface area (Å²) in [6.45, 7) is 0.848. The molecule has 0 bridgehead atoms. The Morgan fingerprint density at radius 3 is 1.96 bits per heavy atom. The number of nitrogens with zero attached hydrogens (tertiary/aromatic N) is 6. The molecule has 1 aromatic carbocycles.